The van der Waals surface area contributed by atoms with E-state index in [0.29, 0.717) is 44.5 Å². The van der Waals surface area contributed by atoms with Crippen LogP contribution in [0.15, 0.2) is 12.4 Å². The molecule has 0 aliphatic rings. The van der Waals surface area contributed by atoms with Crippen LogP contribution >= 0.6 is 0 Å². The SMILES string of the molecule is CCCCCCCCCCCOC(=O)CCCCCN(CCCCCCCC(=O)OC(CCCCCCCC)CCCCCCCC)CC(O)CCCCNC(=O)c1cn[nH]c1. The van der Waals surface area contributed by atoms with E-state index in [1.54, 1.807) is 6.20 Å². The summed E-state index contributed by atoms with van der Waals surface area (Å²) in [5.41, 5.74) is 0.524. The number of aromatic amines is 1. The third kappa shape index (κ3) is 37.0. The number of ether oxygens (including phenoxy) is 2. The first kappa shape index (κ1) is 57.6. The summed E-state index contributed by atoms with van der Waals surface area (Å²) >= 11 is 0. The molecule has 1 rings (SSSR count). The largest absolute Gasteiger partial charge is 0.466 e. The van der Waals surface area contributed by atoms with Crippen molar-refractivity contribution < 1.29 is 29.0 Å². The highest BCUT2D eigenvalue weighted by atomic mass is 16.5. The Morgan fingerprint density at radius 1 is 0.597 bits per heavy atom. The van der Waals surface area contributed by atoms with Gasteiger partial charge in [0.25, 0.3) is 5.91 Å². The Morgan fingerprint density at radius 3 is 1.61 bits per heavy atom. The van der Waals surface area contributed by atoms with E-state index in [4.69, 9.17) is 9.47 Å². The minimum absolute atomic E-state index is 0.0143. The molecule has 0 aliphatic heterocycles. The van der Waals surface area contributed by atoms with Gasteiger partial charge in [0.1, 0.15) is 6.10 Å². The maximum Gasteiger partial charge on any atom is 0.306 e. The van der Waals surface area contributed by atoms with Crippen molar-refractivity contribution in [3.8, 4) is 0 Å². The number of H-pyrrole nitrogens is 1. The number of unbranched alkanes of at least 4 members (excludes halogenated alkanes) is 25. The molecule has 1 amide bonds. The second-order valence-electron chi connectivity index (χ2n) is 18.3. The molecule has 3 N–H and O–H groups in total. The molecule has 0 radical (unpaired) electrons. The molecule has 0 saturated heterocycles. The first-order valence-corrected chi connectivity index (χ1v) is 26.4. The number of amides is 1. The molecule has 0 spiro atoms. The molecule has 0 bridgehead atoms. The molecule has 10 nitrogen and oxygen atoms in total. The smallest absolute Gasteiger partial charge is 0.306 e. The minimum atomic E-state index is -0.424. The van der Waals surface area contributed by atoms with Crippen molar-refractivity contribution in [3.05, 3.63) is 18.0 Å². The Balaban J connectivity index is 2.39. The topological polar surface area (TPSA) is 134 Å². The molecule has 0 fully saturated rings. The molecule has 10 heteroatoms. The summed E-state index contributed by atoms with van der Waals surface area (Å²) in [7, 11) is 0. The van der Waals surface area contributed by atoms with Gasteiger partial charge in [-0.05, 0) is 90.1 Å². The molecule has 1 atom stereocenters. The van der Waals surface area contributed by atoms with Gasteiger partial charge in [0.05, 0.1) is 24.5 Å². The van der Waals surface area contributed by atoms with Gasteiger partial charge in [-0.1, -0.05) is 162 Å². The van der Waals surface area contributed by atoms with Crippen molar-refractivity contribution in [3.63, 3.8) is 0 Å². The number of aliphatic hydroxyl groups is 1. The number of aromatic nitrogens is 2. The molecule has 0 aromatic carbocycles. The van der Waals surface area contributed by atoms with E-state index >= 15 is 0 Å². The third-order valence-corrected chi connectivity index (χ3v) is 12.3. The fraction of sp³-hybridized carbons (Fsp3) is 0.885. The summed E-state index contributed by atoms with van der Waals surface area (Å²) < 4.78 is 11.6. The van der Waals surface area contributed by atoms with Crippen molar-refractivity contribution in [2.24, 2.45) is 0 Å². The quantitative estimate of drug-likeness (QED) is 0.0435. The lowest BCUT2D eigenvalue weighted by molar-refractivity contribution is -0.150. The van der Waals surface area contributed by atoms with Crippen molar-refractivity contribution in [1.82, 2.24) is 20.4 Å². The summed E-state index contributed by atoms with van der Waals surface area (Å²) in [6.45, 7) is 10.3. The van der Waals surface area contributed by atoms with Crippen LogP contribution in [0.4, 0.5) is 0 Å². The molecule has 1 heterocycles. The number of nitrogens with one attached hydrogen (secondary N) is 2. The number of aliphatic hydroxyl groups excluding tert-OH is 1. The van der Waals surface area contributed by atoms with E-state index < -0.39 is 6.10 Å². The number of hydrogen-bond donors (Lipinski definition) is 3. The number of carbonyl (C=O) groups is 3. The van der Waals surface area contributed by atoms with Gasteiger partial charge in [-0.25, -0.2) is 0 Å². The van der Waals surface area contributed by atoms with Crippen molar-refractivity contribution >= 4 is 17.8 Å². The van der Waals surface area contributed by atoms with Crippen LogP contribution in [0.1, 0.15) is 262 Å². The number of rotatable bonds is 47. The lowest BCUT2D eigenvalue weighted by Crippen LogP contribution is -2.34. The Bertz CT molecular complexity index is 1120. The summed E-state index contributed by atoms with van der Waals surface area (Å²) in [6, 6.07) is 0. The van der Waals surface area contributed by atoms with E-state index in [0.717, 1.165) is 116 Å². The first-order chi connectivity index (χ1) is 30.4. The van der Waals surface area contributed by atoms with E-state index in [1.165, 1.54) is 115 Å². The molecule has 1 aromatic rings. The molecule has 1 aromatic heterocycles. The molecule has 1 unspecified atom stereocenters. The van der Waals surface area contributed by atoms with Crippen LogP contribution in [0.25, 0.3) is 0 Å². The molecule has 0 aliphatic carbocycles. The highest BCUT2D eigenvalue weighted by molar-refractivity contribution is 5.93. The molecule has 62 heavy (non-hydrogen) atoms. The zero-order chi connectivity index (χ0) is 45.0. The summed E-state index contributed by atoms with van der Waals surface area (Å²) in [4.78, 5) is 39.8. The maximum absolute atomic E-state index is 12.9. The van der Waals surface area contributed by atoms with Crippen LogP contribution < -0.4 is 5.32 Å². The lowest BCUT2D eigenvalue weighted by atomic mass is 10.0. The van der Waals surface area contributed by atoms with Gasteiger partial charge in [0.15, 0.2) is 0 Å². The average Bonchev–Trinajstić information content (AvgIpc) is 3.81. The average molecular weight is 875 g/mol. The first-order valence-electron chi connectivity index (χ1n) is 26.4. The van der Waals surface area contributed by atoms with Gasteiger partial charge in [-0.3, -0.25) is 19.5 Å². The summed E-state index contributed by atoms with van der Waals surface area (Å²) in [5.74, 6) is -0.226. The predicted molar refractivity (Wildman–Crippen MR) is 257 cm³/mol. The van der Waals surface area contributed by atoms with Crippen molar-refractivity contribution in [1.29, 1.82) is 0 Å². The van der Waals surface area contributed by atoms with Gasteiger partial charge in [0.2, 0.25) is 0 Å². The highest BCUT2D eigenvalue weighted by Gasteiger charge is 2.16. The number of hydrogen-bond acceptors (Lipinski definition) is 8. The zero-order valence-electron chi connectivity index (χ0n) is 40.7. The van der Waals surface area contributed by atoms with Crippen LogP contribution in [0.5, 0.6) is 0 Å². The summed E-state index contributed by atoms with van der Waals surface area (Å²) in [5, 5.41) is 20.4. The van der Waals surface area contributed by atoms with Gasteiger partial charge in [-0.2, -0.15) is 5.10 Å². The number of esters is 2. The molecular formula is C52H98N4O6. The normalized spacial score (nSPS) is 12.0. The Labute approximate surface area is 381 Å². The monoisotopic (exact) mass is 875 g/mol. The van der Waals surface area contributed by atoms with E-state index in [2.05, 4.69) is 41.2 Å². The fourth-order valence-electron chi connectivity index (χ4n) is 8.27. The van der Waals surface area contributed by atoms with E-state index in [-0.39, 0.29) is 23.9 Å². The third-order valence-electron chi connectivity index (χ3n) is 12.3. The fourth-order valence-corrected chi connectivity index (χ4v) is 8.27. The van der Waals surface area contributed by atoms with E-state index in [9.17, 15) is 19.5 Å². The van der Waals surface area contributed by atoms with Gasteiger partial charge in [0, 0.05) is 32.1 Å². The van der Waals surface area contributed by atoms with Crippen LogP contribution in [0.2, 0.25) is 0 Å². The zero-order valence-corrected chi connectivity index (χ0v) is 40.7. The molecule has 0 saturated carbocycles. The number of carbonyl (C=O) groups excluding carboxylic acids is 3. The van der Waals surface area contributed by atoms with Gasteiger partial charge in [-0.15, -0.1) is 0 Å². The lowest BCUT2D eigenvalue weighted by Gasteiger charge is -2.25. The minimum Gasteiger partial charge on any atom is -0.466 e. The van der Waals surface area contributed by atoms with E-state index in [1.807, 2.05) is 0 Å². The Morgan fingerprint density at radius 2 is 1.06 bits per heavy atom. The predicted octanol–water partition coefficient (Wildman–Crippen LogP) is 13.4. The van der Waals surface area contributed by atoms with Crippen molar-refractivity contribution in [2.75, 3.05) is 32.8 Å². The molecular weight excluding hydrogens is 777 g/mol. The summed E-state index contributed by atoms with van der Waals surface area (Å²) in [6.07, 6.45) is 42.5. The van der Waals surface area contributed by atoms with Gasteiger partial charge >= 0.3 is 11.9 Å². The van der Waals surface area contributed by atoms with Gasteiger partial charge < -0.3 is 24.8 Å². The van der Waals surface area contributed by atoms with Crippen LogP contribution in [-0.4, -0.2) is 83.0 Å². The van der Waals surface area contributed by atoms with Crippen LogP contribution in [0, 0.1) is 0 Å². The molecule has 362 valence electrons. The highest BCUT2D eigenvalue weighted by Crippen LogP contribution is 2.19. The number of nitrogens with zero attached hydrogens (tertiary/aromatic N) is 2. The second kappa shape index (κ2) is 43.8. The standard InChI is InChI=1S/C52H98N4O6/c1-4-7-10-13-16-17-18-24-34-43-61-50(58)38-29-25-33-42-56(46-48(57)35-30-31-40-53-52(60)47-44-54-55-45-47)41-32-23-19-22-28-39-51(59)62-49(36-26-20-14-11-8-5-2)37-27-21-15-12-9-6-3/h44-45,48-49,57H,4-43,46H2,1-3H3,(H,53,60)(H,54,55). The van der Waals surface area contributed by atoms with Crippen LogP contribution in [0.3, 0.4) is 0 Å². The van der Waals surface area contributed by atoms with Crippen LogP contribution in [-0.2, 0) is 19.1 Å². The Kier molecular flexibility index (Phi) is 40.6. The maximum atomic E-state index is 12.9. The second-order valence-corrected chi connectivity index (χ2v) is 18.3. The Hall–Kier alpha value is -2.46. The van der Waals surface area contributed by atoms with Crippen molar-refractivity contribution in [2.45, 2.75) is 264 Å².